The molecule has 2 nitrogen and oxygen atoms in total. The fourth-order valence-electron chi connectivity index (χ4n) is 1.75. The Morgan fingerprint density at radius 2 is 2.00 bits per heavy atom. The molecular formula is C12H15NO. The van der Waals surface area contributed by atoms with E-state index in [1.165, 1.54) is 5.56 Å². The maximum Gasteiger partial charge on any atom is 0.0654 e. The number of nitrogens with zero attached hydrogens (tertiary/aromatic N) is 1. The van der Waals surface area contributed by atoms with Gasteiger partial charge in [-0.2, -0.15) is 0 Å². The summed E-state index contributed by atoms with van der Waals surface area (Å²) < 4.78 is 0. The molecule has 1 aliphatic rings. The number of aliphatic hydroxyl groups is 1. The van der Waals surface area contributed by atoms with E-state index >= 15 is 0 Å². The Morgan fingerprint density at radius 1 is 1.21 bits per heavy atom. The van der Waals surface area contributed by atoms with Crippen molar-refractivity contribution < 1.29 is 5.11 Å². The van der Waals surface area contributed by atoms with Crippen LogP contribution >= 0.6 is 0 Å². The molecule has 1 N–H and O–H groups in total. The molecule has 1 aromatic rings. The van der Waals surface area contributed by atoms with Crippen LogP contribution in [-0.2, 0) is 6.54 Å². The smallest absolute Gasteiger partial charge is 0.0654 e. The average Bonchev–Trinajstić information content (AvgIpc) is 2.67. The zero-order valence-electron chi connectivity index (χ0n) is 8.19. The van der Waals surface area contributed by atoms with E-state index in [9.17, 15) is 0 Å². The number of rotatable bonds is 3. The molecular weight excluding hydrogens is 174 g/mol. The molecule has 0 bridgehead atoms. The van der Waals surface area contributed by atoms with E-state index in [0.29, 0.717) is 0 Å². The third-order valence-electron chi connectivity index (χ3n) is 2.52. The van der Waals surface area contributed by atoms with Gasteiger partial charge < -0.3 is 5.11 Å². The van der Waals surface area contributed by atoms with Gasteiger partial charge in [0, 0.05) is 19.6 Å². The second kappa shape index (κ2) is 4.40. The standard InChI is InChI=1S/C12H15NO/c14-10-12-6-7-13(9-12)8-11-4-2-1-3-5-11/h1-6,14H,7-10H2. The van der Waals surface area contributed by atoms with Gasteiger partial charge >= 0.3 is 0 Å². The normalized spacial score (nSPS) is 17.1. The zero-order chi connectivity index (χ0) is 9.80. The lowest BCUT2D eigenvalue weighted by atomic mass is 10.2. The van der Waals surface area contributed by atoms with Gasteiger partial charge in [0.2, 0.25) is 0 Å². The molecule has 14 heavy (non-hydrogen) atoms. The van der Waals surface area contributed by atoms with Crippen LogP contribution in [0.15, 0.2) is 42.0 Å². The van der Waals surface area contributed by atoms with Crippen LogP contribution in [-0.4, -0.2) is 29.7 Å². The third kappa shape index (κ3) is 2.22. The van der Waals surface area contributed by atoms with Crippen molar-refractivity contribution in [2.24, 2.45) is 0 Å². The molecule has 0 atom stereocenters. The van der Waals surface area contributed by atoms with Gasteiger partial charge in [-0.25, -0.2) is 0 Å². The monoisotopic (exact) mass is 189 g/mol. The molecule has 74 valence electrons. The molecule has 0 saturated carbocycles. The first-order valence-corrected chi connectivity index (χ1v) is 4.93. The summed E-state index contributed by atoms with van der Waals surface area (Å²) in [6, 6.07) is 10.4. The Hall–Kier alpha value is -1.12. The van der Waals surface area contributed by atoms with E-state index in [2.05, 4.69) is 35.2 Å². The minimum absolute atomic E-state index is 0.200. The summed E-state index contributed by atoms with van der Waals surface area (Å²) in [6.45, 7) is 3.04. The quantitative estimate of drug-likeness (QED) is 0.727. The Bertz CT molecular complexity index is 318. The summed E-state index contributed by atoms with van der Waals surface area (Å²) in [6.07, 6.45) is 2.11. The molecule has 1 aliphatic heterocycles. The maximum absolute atomic E-state index is 8.95. The van der Waals surface area contributed by atoms with Gasteiger partial charge in [0.25, 0.3) is 0 Å². The van der Waals surface area contributed by atoms with Crippen LogP contribution in [0.25, 0.3) is 0 Å². The number of aliphatic hydroxyl groups excluding tert-OH is 1. The summed E-state index contributed by atoms with van der Waals surface area (Å²) >= 11 is 0. The van der Waals surface area contributed by atoms with Crippen molar-refractivity contribution in [3.05, 3.63) is 47.5 Å². The first-order valence-electron chi connectivity index (χ1n) is 4.93. The predicted octanol–water partition coefficient (Wildman–Crippen LogP) is 1.42. The van der Waals surface area contributed by atoms with Gasteiger partial charge in [0.05, 0.1) is 6.61 Å². The van der Waals surface area contributed by atoms with Gasteiger partial charge in [-0.3, -0.25) is 4.90 Å². The predicted molar refractivity (Wildman–Crippen MR) is 56.9 cm³/mol. The van der Waals surface area contributed by atoms with Crippen LogP contribution in [0, 0.1) is 0 Å². The molecule has 2 rings (SSSR count). The van der Waals surface area contributed by atoms with Crippen LogP contribution in [0.5, 0.6) is 0 Å². The van der Waals surface area contributed by atoms with Crippen molar-refractivity contribution in [3.63, 3.8) is 0 Å². The fraction of sp³-hybridized carbons (Fsp3) is 0.333. The Labute approximate surface area is 84.5 Å². The summed E-state index contributed by atoms with van der Waals surface area (Å²) in [5, 5.41) is 8.95. The molecule has 0 radical (unpaired) electrons. The molecule has 0 fully saturated rings. The van der Waals surface area contributed by atoms with Crippen LogP contribution < -0.4 is 0 Å². The van der Waals surface area contributed by atoms with Crippen molar-refractivity contribution in [2.45, 2.75) is 6.54 Å². The van der Waals surface area contributed by atoms with E-state index in [0.717, 1.165) is 25.2 Å². The Kier molecular flexibility index (Phi) is 2.96. The van der Waals surface area contributed by atoms with Crippen molar-refractivity contribution in [2.75, 3.05) is 19.7 Å². The van der Waals surface area contributed by atoms with E-state index in [1.807, 2.05) is 6.07 Å². The molecule has 2 heteroatoms. The minimum Gasteiger partial charge on any atom is -0.392 e. The van der Waals surface area contributed by atoms with Crippen molar-refractivity contribution >= 4 is 0 Å². The second-order valence-electron chi connectivity index (χ2n) is 3.68. The van der Waals surface area contributed by atoms with Crippen LogP contribution in [0.1, 0.15) is 5.56 Å². The summed E-state index contributed by atoms with van der Waals surface area (Å²) in [5.74, 6) is 0. The molecule has 0 aliphatic carbocycles. The SMILES string of the molecule is OCC1=CCN(Cc2ccccc2)C1. The Balaban J connectivity index is 1.90. The topological polar surface area (TPSA) is 23.5 Å². The lowest BCUT2D eigenvalue weighted by Crippen LogP contribution is -2.20. The largest absolute Gasteiger partial charge is 0.392 e. The fourth-order valence-corrected chi connectivity index (χ4v) is 1.75. The number of hydrogen-bond donors (Lipinski definition) is 1. The highest BCUT2D eigenvalue weighted by Gasteiger charge is 2.12. The van der Waals surface area contributed by atoms with Gasteiger partial charge in [-0.15, -0.1) is 0 Å². The van der Waals surface area contributed by atoms with E-state index in [-0.39, 0.29) is 6.61 Å². The lowest BCUT2D eigenvalue weighted by Gasteiger charge is -2.15. The number of hydrogen-bond acceptors (Lipinski definition) is 2. The first kappa shape index (κ1) is 9.44. The molecule has 0 unspecified atom stereocenters. The first-order chi connectivity index (χ1) is 6.88. The highest BCUT2D eigenvalue weighted by molar-refractivity contribution is 5.17. The van der Waals surface area contributed by atoms with E-state index in [4.69, 9.17) is 5.11 Å². The van der Waals surface area contributed by atoms with E-state index in [1.54, 1.807) is 0 Å². The zero-order valence-corrected chi connectivity index (χ0v) is 8.19. The van der Waals surface area contributed by atoms with E-state index < -0.39 is 0 Å². The van der Waals surface area contributed by atoms with Crippen molar-refractivity contribution in [1.29, 1.82) is 0 Å². The average molecular weight is 189 g/mol. The summed E-state index contributed by atoms with van der Waals surface area (Å²) in [7, 11) is 0. The molecule has 0 saturated heterocycles. The molecule has 0 amide bonds. The second-order valence-corrected chi connectivity index (χ2v) is 3.68. The third-order valence-corrected chi connectivity index (χ3v) is 2.52. The molecule has 1 aromatic carbocycles. The highest BCUT2D eigenvalue weighted by atomic mass is 16.3. The Morgan fingerprint density at radius 3 is 2.64 bits per heavy atom. The maximum atomic E-state index is 8.95. The summed E-state index contributed by atoms with van der Waals surface area (Å²) in [5.41, 5.74) is 2.47. The molecule has 1 heterocycles. The number of benzene rings is 1. The van der Waals surface area contributed by atoms with Crippen LogP contribution in [0.3, 0.4) is 0 Å². The van der Waals surface area contributed by atoms with Gasteiger partial charge in [0.1, 0.15) is 0 Å². The van der Waals surface area contributed by atoms with Crippen molar-refractivity contribution in [3.8, 4) is 0 Å². The molecule has 0 aromatic heterocycles. The molecule has 0 spiro atoms. The lowest BCUT2D eigenvalue weighted by molar-refractivity contribution is 0.300. The van der Waals surface area contributed by atoms with Gasteiger partial charge in [0.15, 0.2) is 0 Å². The van der Waals surface area contributed by atoms with Gasteiger partial charge in [-0.05, 0) is 11.1 Å². The van der Waals surface area contributed by atoms with Crippen LogP contribution in [0.2, 0.25) is 0 Å². The van der Waals surface area contributed by atoms with Crippen molar-refractivity contribution in [1.82, 2.24) is 4.90 Å². The van der Waals surface area contributed by atoms with Crippen LogP contribution in [0.4, 0.5) is 0 Å². The highest BCUT2D eigenvalue weighted by Crippen LogP contribution is 2.12. The van der Waals surface area contributed by atoms with Gasteiger partial charge in [-0.1, -0.05) is 36.4 Å². The minimum atomic E-state index is 0.200. The summed E-state index contributed by atoms with van der Waals surface area (Å²) in [4.78, 5) is 2.32.